The molecule has 0 bridgehead atoms. The minimum atomic E-state index is -0.0286. The van der Waals surface area contributed by atoms with Crippen LogP contribution < -0.4 is 5.32 Å². The smallest absolute Gasteiger partial charge is 0.0576 e. The van der Waals surface area contributed by atoms with Crippen molar-refractivity contribution in [2.24, 2.45) is 5.92 Å². The van der Waals surface area contributed by atoms with Crippen LogP contribution in [0.4, 0.5) is 0 Å². The maximum absolute atomic E-state index is 8.97. The molecule has 0 spiro atoms. The zero-order valence-corrected chi connectivity index (χ0v) is 6.93. The third-order valence-corrected chi connectivity index (χ3v) is 2.03. The fourth-order valence-corrected chi connectivity index (χ4v) is 1.29. The first-order chi connectivity index (χ1) is 5.33. The number of aliphatic hydroxyl groups is 1. The summed E-state index contributed by atoms with van der Waals surface area (Å²) in [5.41, 5.74) is 0. The summed E-state index contributed by atoms with van der Waals surface area (Å²) in [6, 6.07) is 0. The summed E-state index contributed by atoms with van der Waals surface area (Å²) in [4.78, 5) is 0. The number of rotatable bonds is 3. The molecule has 0 saturated heterocycles. The summed E-state index contributed by atoms with van der Waals surface area (Å²) in [5, 5.41) is 12.2. The Hall–Kier alpha value is -0.520. The Morgan fingerprint density at radius 1 is 1.55 bits per heavy atom. The molecule has 0 aromatic carbocycles. The van der Waals surface area contributed by atoms with E-state index in [0.29, 0.717) is 5.92 Å². The molecule has 2 N–H and O–H groups in total. The zero-order chi connectivity index (χ0) is 8.10. The van der Waals surface area contributed by atoms with Gasteiger partial charge in [-0.1, -0.05) is 5.92 Å². The van der Waals surface area contributed by atoms with Gasteiger partial charge in [-0.2, -0.15) is 0 Å². The molecule has 0 heterocycles. The minimum Gasteiger partial charge on any atom is -0.393 e. The Morgan fingerprint density at radius 2 is 2.27 bits per heavy atom. The van der Waals surface area contributed by atoms with Gasteiger partial charge in [0.1, 0.15) is 0 Å². The molecule has 2 heteroatoms. The van der Waals surface area contributed by atoms with Crippen LogP contribution in [-0.2, 0) is 0 Å². The van der Waals surface area contributed by atoms with Gasteiger partial charge in [-0.3, -0.25) is 0 Å². The molecule has 62 valence electrons. The fourth-order valence-electron chi connectivity index (χ4n) is 1.29. The Bertz CT molecular complexity index is 162. The first-order valence-corrected chi connectivity index (χ1v) is 4.11. The molecular formula is C9H15NO. The number of aliphatic hydroxyl groups excluding tert-OH is 1. The Labute approximate surface area is 68.0 Å². The van der Waals surface area contributed by atoms with Crippen LogP contribution in [0.15, 0.2) is 0 Å². The quantitative estimate of drug-likeness (QED) is 0.453. The molecule has 1 rings (SSSR count). The molecule has 1 saturated carbocycles. The first kappa shape index (κ1) is 8.58. The standard InChI is InChI=1S/C9H15NO/c1-2-3-4-10-7-8-5-9(11)6-8/h8-11H,4-7H2,1H3. The number of hydrogen-bond acceptors (Lipinski definition) is 2. The van der Waals surface area contributed by atoms with Crippen LogP contribution in [0.2, 0.25) is 0 Å². The molecule has 0 radical (unpaired) electrons. The van der Waals surface area contributed by atoms with Gasteiger partial charge in [0.25, 0.3) is 0 Å². The van der Waals surface area contributed by atoms with Crippen molar-refractivity contribution in [2.45, 2.75) is 25.9 Å². The van der Waals surface area contributed by atoms with Crippen LogP contribution in [0.3, 0.4) is 0 Å². The van der Waals surface area contributed by atoms with Crippen molar-refractivity contribution < 1.29 is 5.11 Å². The second-order valence-corrected chi connectivity index (χ2v) is 3.05. The summed E-state index contributed by atoms with van der Waals surface area (Å²) in [6.45, 7) is 3.63. The molecule has 1 fully saturated rings. The van der Waals surface area contributed by atoms with Crippen LogP contribution in [0, 0.1) is 17.8 Å². The lowest BCUT2D eigenvalue weighted by Crippen LogP contribution is -2.36. The monoisotopic (exact) mass is 153 g/mol. The predicted octanol–water partition coefficient (Wildman–Crippen LogP) is 0.370. The zero-order valence-electron chi connectivity index (χ0n) is 6.93. The van der Waals surface area contributed by atoms with Gasteiger partial charge in [0.15, 0.2) is 0 Å². The highest BCUT2D eigenvalue weighted by Gasteiger charge is 2.25. The molecule has 0 unspecified atom stereocenters. The van der Waals surface area contributed by atoms with E-state index in [9.17, 15) is 0 Å². The van der Waals surface area contributed by atoms with Crippen LogP contribution in [0.25, 0.3) is 0 Å². The number of hydrogen-bond donors (Lipinski definition) is 2. The van der Waals surface area contributed by atoms with Crippen LogP contribution in [0.1, 0.15) is 19.8 Å². The maximum atomic E-state index is 8.97. The molecule has 0 amide bonds. The van der Waals surface area contributed by atoms with E-state index < -0.39 is 0 Å². The summed E-state index contributed by atoms with van der Waals surface area (Å²) >= 11 is 0. The third-order valence-electron chi connectivity index (χ3n) is 2.03. The average Bonchev–Trinajstić information content (AvgIpc) is 1.94. The third kappa shape index (κ3) is 2.92. The summed E-state index contributed by atoms with van der Waals surface area (Å²) in [6.07, 6.45) is 1.90. The normalized spacial score (nSPS) is 28.5. The highest BCUT2D eigenvalue weighted by atomic mass is 16.3. The second kappa shape index (κ2) is 4.38. The van der Waals surface area contributed by atoms with Crippen LogP contribution >= 0.6 is 0 Å². The van der Waals surface area contributed by atoms with Crippen molar-refractivity contribution in [3.05, 3.63) is 0 Å². The van der Waals surface area contributed by atoms with Crippen molar-refractivity contribution in [3.8, 4) is 11.8 Å². The lowest BCUT2D eigenvalue weighted by molar-refractivity contribution is 0.0436. The van der Waals surface area contributed by atoms with E-state index in [1.54, 1.807) is 0 Å². The number of nitrogens with one attached hydrogen (secondary N) is 1. The van der Waals surface area contributed by atoms with Crippen molar-refractivity contribution >= 4 is 0 Å². The molecule has 0 aliphatic heterocycles. The van der Waals surface area contributed by atoms with Crippen molar-refractivity contribution in [2.75, 3.05) is 13.1 Å². The molecule has 1 aliphatic rings. The highest BCUT2D eigenvalue weighted by molar-refractivity contribution is 4.97. The highest BCUT2D eigenvalue weighted by Crippen LogP contribution is 2.25. The van der Waals surface area contributed by atoms with E-state index in [1.807, 2.05) is 6.92 Å². The van der Waals surface area contributed by atoms with E-state index in [1.165, 1.54) is 0 Å². The van der Waals surface area contributed by atoms with Gasteiger partial charge in [-0.05, 0) is 32.2 Å². The van der Waals surface area contributed by atoms with E-state index in [4.69, 9.17) is 5.11 Å². The molecule has 0 atom stereocenters. The van der Waals surface area contributed by atoms with Crippen molar-refractivity contribution in [1.29, 1.82) is 0 Å². The fraction of sp³-hybridized carbons (Fsp3) is 0.778. The molecule has 1 aliphatic carbocycles. The first-order valence-electron chi connectivity index (χ1n) is 4.11. The topological polar surface area (TPSA) is 32.3 Å². The van der Waals surface area contributed by atoms with Gasteiger partial charge in [-0.25, -0.2) is 0 Å². The van der Waals surface area contributed by atoms with Gasteiger partial charge in [0.05, 0.1) is 12.6 Å². The molecule has 2 nitrogen and oxygen atoms in total. The minimum absolute atomic E-state index is 0.0286. The van der Waals surface area contributed by atoms with Crippen molar-refractivity contribution in [3.63, 3.8) is 0 Å². The molecular weight excluding hydrogens is 138 g/mol. The lowest BCUT2D eigenvalue weighted by atomic mass is 9.82. The van der Waals surface area contributed by atoms with E-state index >= 15 is 0 Å². The average molecular weight is 153 g/mol. The molecule has 11 heavy (non-hydrogen) atoms. The largest absolute Gasteiger partial charge is 0.393 e. The summed E-state index contributed by atoms with van der Waals surface area (Å²) in [7, 11) is 0. The van der Waals surface area contributed by atoms with E-state index in [0.717, 1.165) is 25.9 Å². The van der Waals surface area contributed by atoms with Gasteiger partial charge < -0.3 is 10.4 Å². The SMILES string of the molecule is CC#CCNCC1CC(O)C1. The summed E-state index contributed by atoms with van der Waals surface area (Å²) in [5.74, 6) is 6.45. The maximum Gasteiger partial charge on any atom is 0.0576 e. The molecule has 0 aromatic heterocycles. The summed E-state index contributed by atoms with van der Waals surface area (Å²) < 4.78 is 0. The van der Waals surface area contributed by atoms with Crippen molar-refractivity contribution in [1.82, 2.24) is 5.32 Å². The Balaban J connectivity index is 1.91. The van der Waals surface area contributed by atoms with Gasteiger partial charge in [0, 0.05) is 0 Å². The van der Waals surface area contributed by atoms with Crippen LogP contribution in [-0.4, -0.2) is 24.3 Å². The predicted molar refractivity (Wildman–Crippen MR) is 45.1 cm³/mol. The molecule has 0 aromatic rings. The lowest BCUT2D eigenvalue weighted by Gasteiger charge is -2.31. The van der Waals surface area contributed by atoms with E-state index in [-0.39, 0.29) is 6.10 Å². The van der Waals surface area contributed by atoms with Gasteiger partial charge in [0.2, 0.25) is 0 Å². The Kier molecular flexibility index (Phi) is 3.41. The van der Waals surface area contributed by atoms with E-state index in [2.05, 4.69) is 17.2 Å². The Morgan fingerprint density at radius 3 is 2.82 bits per heavy atom. The second-order valence-electron chi connectivity index (χ2n) is 3.05. The van der Waals surface area contributed by atoms with Gasteiger partial charge in [-0.15, -0.1) is 5.92 Å². The van der Waals surface area contributed by atoms with Gasteiger partial charge >= 0.3 is 0 Å². The van der Waals surface area contributed by atoms with Crippen LogP contribution in [0.5, 0.6) is 0 Å².